The number of para-hydroxylation sites is 1. The van der Waals surface area contributed by atoms with E-state index in [9.17, 15) is 4.79 Å². The van der Waals surface area contributed by atoms with Gasteiger partial charge in [0, 0.05) is 18.4 Å². The molecule has 0 saturated heterocycles. The molecule has 0 atom stereocenters. The number of hydrogen-bond acceptors (Lipinski definition) is 3. The van der Waals surface area contributed by atoms with Crippen LogP contribution in [0.5, 0.6) is 0 Å². The van der Waals surface area contributed by atoms with Crippen LogP contribution >= 0.6 is 0 Å². The van der Waals surface area contributed by atoms with Gasteiger partial charge in [-0.25, -0.2) is 4.98 Å². The van der Waals surface area contributed by atoms with Crippen LogP contribution < -0.4 is 0 Å². The lowest BCUT2D eigenvalue weighted by atomic mass is 10.1. The van der Waals surface area contributed by atoms with Crippen LogP contribution in [-0.2, 0) is 11.3 Å². The van der Waals surface area contributed by atoms with Gasteiger partial charge in [0.1, 0.15) is 5.52 Å². The standard InChI is InChI=1S/C15H17N3.C3H6O2/c1-10(2)8-18-9-16-14-11(3)17-13-7-5-4-6-12(13)15(14)18;1-2-3(4)5/h4-7,9-10H,8H2,1-3H3;2H2,1H3,(H,4,5). The number of aliphatic carboxylic acids is 1. The summed E-state index contributed by atoms with van der Waals surface area (Å²) in [6.45, 7) is 9.07. The molecular weight excluding hydrogens is 290 g/mol. The monoisotopic (exact) mass is 313 g/mol. The molecule has 5 heteroatoms. The Balaban J connectivity index is 0.000000338. The average Bonchev–Trinajstić information content (AvgIpc) is 2.92. The van der Waals surface area contributed by atoms with Gasteiger partial charge >= 0.3 is 5.97 Å². The third-order valence-electron chi connectivity index (χ3n) is 3.49. The third-order valence-corrected chi connectivity index (χ3v) is 3.49. The lowest BCUT2D eigenvalue weighted by molar-refractivity contribution is -0.136. The molecule has 0 aliphatic rings. The molecule has 2 heterocycles. The fraction of sp³-hybridized carbons (Fsp3) is 0.389. The highest BCUT2D eigenvalue weighted by Gasteiger charge is 2.11. The molecule has 0 bridgehead atoms. The van der Waals surface area contributed by atoms with E-state index < -0.39 is 5.97 Å². The fourth-order valence-corrected chi connectivity index (χ4v) is 2.47. The minimum Gasteiger partial charge on any atom is -0.481 e. The highest BCUT2D eigenvalue weighted by Crippen LogP contribution is 2.25. The van der Waals surface area contributed by atoms with Gasteiger partial charge < -0.3 is 9.67 Å². The summed E-state index contributed by atoms with van der Waals surface area (Å²) in [5, 5.41) is 8.91. The third kappa shape index (κ3) is 3.86. The molecule has 0 amide bonds. The van der Waals surface area contributed by atoms with Crippen LogP contribution in [0, 0.1) is 12.8 Å². The van der Waals surface area contributed by atoms with Crippen LogP contribution in [-0.4, -0.2) is 25.6 Å². The van der Waals surface area contributed by atoms with Crippen LogP contribution in [0.15, 0.2) is 30.6 Å². The van der Waals surface area contributed by atoms with Crippen molar-refractivity contribution < 1.29 is 9.90 Å². The number of carbonyl (C=O) groups is 1. The van der Waals surface area contributed by atoms with Gasteiger partial charge in [0.15, 0.2) is 0 Å². The van der Waals surface area contributed by atoms with Gasteiger partial charge in [-0.1, -0.05) is 39.0 Å². The predicted octanol–water partition coefficient (Wildman–Crippen LogP) is 4.03. The Kier molecular flexibility index (Phi) is 5.32. The van der Waals surface area contributed by atoms with Crippen molar-refractivity contribution in [2.75, 3.05) is 0 Å². The molecule has 0 unspecified atom stereocenters. The van der Waals surface area contributed by atoms with E-state index in [-0.39, 0.29) is 6.42 Å². The molecule has 0 saturated carbocycles. The van der Waals surface area contributed by atoms with E-state index in [2.05, 4.69) is 46.6 Å². The van der Waals surface area contributed by atoms with Crippen molar-refractivity contribution in [3.05, 3.63) is 36.3 Å². The van der Waals surface area contributed by atoms with Gasteiger partial charge in [-0.2, -0.15) is 0 Å². The first kappa shape index (κ1) is 16.9. The summed E-state index contributed by atoms with van der Waals surface area (Å²) in [7, 11) is 0. The summed E-state index contributed by atoms with van der Waals surface area (Å²) in [4.78, 5) is 18.5. The topological polar surface area (TPSA) is 68.0 Å². The number of nitrogens with zero attached hydrogens (tertiary/aromatic N) is 3. The van der Waals surface area contributed by atoms with E-state index in [1.807, 2.05) is 19.3 Å². The van der Waals surface area contributed by atoms with Crippen molar-refractivity contribution in [3.8, 4) is 0 Å². The summed E-state index contributed by atoms with van der Waals surface area (Å²) in [5.41, 5.74) is 4.29. The average molecular weight is 313 g/mol. The number of aryl methyl sites for hydroxylation is 1. The maximum Gasteiger partial charge on any atom is 0.303 e. The number of pyridine rings is 1. The Morgan fingerprint density at radius 1 is 1.30 bits per heavy atom. The van der Waals surface area contributed by atoms with Crippen LogP contribution in [0.2, 0.25) is 0 Å². The molecule has 2 aromatic heterocycles. The Hall–Kier alpha value is -2.43. The zero-order valence-electron chi connectivity index (χ0n) is 14.1. The maximum absolute atomic E-state index is 9.37. The molecule has 0 fully saturated rings. The number of hydrogen-bond donors (Lipinski definition) is 1. The first-order valence-corrected chi connectivity index (χ1v) is 7.86. The summed E-state index contributed by atoms with van der Waals surface area (Å²) in [6.07, 6.45) is 2.16. The molecule has 0 spiro atoms. The predicted molar refractivity (Wildman–Crippen MR) is 92.5 cm³/mol. The largest absolute Gasteiger partial charge is 0.481 e. The molecule has 3 rings (SSSR count). The number of imidazole rings is 1. The Morgan fingerprint density at radius 3 is 2.57 bits per heavy atom. The van der Waals surface area contributed by atoms with E-state index in [1.54, 1.807) is 6.92 Å². The number of rotatable bonds is 3. The Morgan fingerprint density at radius 2 is 1.96 bits per heavy atom. The molecule has 23 heavy (non-hydrogen) atoms. The lowest BCUT2D eigenvalue weighted by Gasteiger charge is -2.09. The first-order chi connectivity index (χ1) is 10.9. The SMILES string of the molecule is CCC(=O)O.Cc1nc2ccccc2c2c1ncn2CC(C)C. The number of benzene rings is 1. The first-order valence-electron chi connectivity index (χ1n) is 7.86. The smallest absolute Gasteiger partial charge is 0.303 e. The molecule has 0 radical (unpaired) electrons. The second-order valence-corrected chi connectivity index (χ2v) is 5.95. The van der Waals surface area contributed by atoms with Gasteiger partial charge in [0.2, 0.25) is 0 Å². The van der Waals surface area contributed by atoms with Gasteiger partial charge in [-0.05, 0) is 18.9 Å². The Bertz CT molecular complexity index is 822. The van der Waals surface area contributed by atoms with Gasteiger partial charge in [-0.3, -0.25) is 9.78 Å². The number of fused-ring (bicyclic) bond motifs is 3. The molecule has 3 aromatic rings. The number of aromatic nitrogens is 3. The minimum atomic E-state index is -0.745. The van der Waals surface area contributed by atoms with Crippen LogP contribution in [0.3, 0.4) is 0 Å². The molecule has 5 nitrogen and oxygen atoms in total. The maximum atomic E-state index is 9.37. The van der Waals surface area contributed by atoms with Gasteiger partial charge in [0.05, 0.1) is 23.1 Å². The second-order valence-electron chi connectivity index (χ2n) is 5.95. The summed E-state index contributed by atoms with van der Waals surface area (Å²) < 4.78 is 2.25. The van der Waals surface area contributed by atoms with Crippen LogP contribution in [0.1, 0.15) is 32.9 Å². The van der Waals surface area contributed by atoms with Gasteiger partial charge in [0.25, 0.3) is 0 Å². The minimum absolute atomic E-state index is 0.222. The second kappa shape index (κ2) is 7.22. The summed E-state index contributed by atoms with van der Waals surface area (Å²) in [6, 6.07) is 8.28. The molecule has 0 aliphatic carbocycles. The molecule has 122 valence electrons. The van der Waals surface area contributed by atoms with Crippen molar-refractivity contribution >= 4 is 27.9 Å². The van der Waals surface area contributed by atoms with Crippen LogP contribution in [0.4, 0.5) is 0 Å². The zero-order valence-corrected chi connectivity index (χ0v) is 14.1. The number of carboxylic acids is 1. The highest BCUT2D eigenvalue weighted by molar-refractivity contribution is 6.03. The van der Waals surface area contributed by atoms with Crippen molar-refractivity contribution in [2.45, 2.75) is 40.7 Å². The lowest BCUT2D eigenvalue weighted by Crippen LogP contribution is -2.03. The van der Waals surface area contributed by atoms with Crippen molar-refractivity contribution in [1.82, 2.24) is 14.5 Å². The zero-order chi connectivity index (χ0) is 17.0. The van der Waals surface area contributed by atoms with Crippen LogP contribution in [0.25, 0.3) is 21.9 Å². The summed E-state index contributed by atoms with van der Waals surface area (Å²) in [5.74, 6) is -0.139. The van der Waals surface area contributed by atoms with E-state index in [1.165, 1.54) is 10.9 Å². The molecule has 1 N–H and O–H groups in total. The number of carboxylic acid groups (broad SMARTS) is 1. The van der Waals surface area contributed by atoms with E-state index in [4.69, 9.17) is 5.11 Å². The highest BCUT2D eigenvalue weighted by atomic mass is 16.4. The molecular formula is C18H23N3O2. The van der Waals surface area contributed by atoms with Crippen molar-refractivity contribution in [3.63, 3.8) is 0 Å². The summed E-state index contributed by atoms with van der Waals surface area (Å²) >= 11 is 0. The van der Waals surface area contributed by atoms with Crippen molar-refractivity contribution in [2.24, 2.45) is 5.92 Å². The van der Waals surface area contributed by atoms with E-state index in [0.29, 0.717) is 5.92 Å². The molecule has 0 aliphatic heterocycles. The normalized spacial score (nSPS) is 10.8. The van der Waals surface area contributed by atoms with Gasteiger partial charge in [-0.15, -0.1) is 0 Å². The quantitative estimate of drug-likeness (QED) is 0.792. The van der Waals surface area contributed by atoms with E-state index in [0.717, 1.165) is 23.3 Å². The van der Waals surface area contributed by atoms with Crippen molar-refractivity contribution in [1.29, 1.82) is 0 Å². The Labute approximate surface area is 136 Å². The molecule has 1 aromatic carbocycles. The van der Waals surface area contributed by atoms with E-state index >= 15 is 0 Å². The fourth-order valence-electron chi connectivity index (χ4n) is 2.47.